The van der Waals surface area contributed by atoms with Crippen LogP contribution in [0.25, 0.3) is 0 Å². The average Bonchev–Trinajstić information content (AvgIpc) is 2.81. The fourth-order valence-corrected chi connectivity index (χ4v) is 3.92. The molecule has 1 N–H and O–H groups in total. The first-order valence-corrected chi connectivity index (χ1v) is 10.3. The maximum atomic E-state index is 10.9. The monoisotopic (exact) mass is 416 g/mol. The molecule has 1 aromatic heterocycles. The Morgan fingerprint density at radius 1 is 1.06 bits per heavy atom. The minimum absolute atomic E-state index is 0.173. The van der Waals surface area contributed by atoms with E-state index in [-0.39, 0.29) is 12.5 Å². The smallest absolute Gasteiger partial charge is 0.341 e. The first-order valence-electron chi connectivity index (χ1n) is 10.3. The van der Waals surface area contributed by atoms with Gasteiger partial charge in [0.15, 0.2) is 6.61 Å². The van der Waals surface area contributed by atoms with E-state index in [1.165, 1.54) is 0 Å². The molecule has 0 bridgehead atoms. The molecule has 1 atom stereocenters. The van der Waals surface area contributed by atoms with E-state index in [0.717, 1.165) is 47.2 Å². The molecule has 1 aliphatic rings. The predicted octanol–water partition coefficient (Wildman–Crippen LogP) is 4.43. The van der Waals surface area contributed by atoms with Gasteiger partial charge in [-0.3, -0.25) is 4.98 Å². The molecule has 6 heteroatoms. The zero-order valence-corrected chi connectivity index (χ0v) is 17.1. The Labute approximate surface area is 181 Å². The SMILES string of the molecule is O=C(O)COc1cccc2c1CCCC2CON=C(c1ccccc1)c1cccnc1. The third kappa shape index (κ3) is 5.09. The van der Waals surface area contributed by atoms with E-state index in [1.807, 2.05) is 54.6 Å². The normalized spacial score (nSPS) is 15.7. The van der Waals surface area contributed by atoms with Crippen LogP contribution in [0.1, 0.15) is 41.0 Å². The first kappa shape index (κ1) is 20.6. The van der Waals surface area contributed by atoms with Crippen LogP contribution in [-0.2, 0) is 16.1 Å². The molecule has 2 aromatic carbocycles. The summed E-state index contributed by atoms with van der Waals surface area (Å²) in [6, 6.07) is 19.5. The Bertz CT molecular complexity index is 1010. The second-order valence-electron chi connectivity index (χ2n) is 7.44. The topological polar surface area (TPSA) is 81.0 Å². The molecule has 1 aliphatic carbocycles. The zero-order chi connectivity index (χ0) is 21.5. The molecule has 0 radical (unpaired) electrons. The van der Waals surface area contributed by atoms with Gasteiger partial charge >= 0.3 is 5.97 Å². The summed E-state index contributed by atoms with van der Waals surface area (Å²) in [5.41, 5.74) is 4.81. The summed E-state index contributed by atoms with van der Waals surface area (Å²) in [6.45, 7) is 0.0967. The molecule has 4 rings (SSSR count). The molecule has 0 amide bonds. The first-order chi connectivity index (χ1) is 15.2. The zero-order valence-electron chi connectivity index (χ0n) is 17.1. The third-order valence-corrected chi connectivity index (χ3v) is 5.35. The minimum atomic E-state index is -0.980. The van der Waals surface area contributed by atoms with Crippen molar-refractivity contribution in [2.24, 2.45) is 5.16 Å². The maximum absolute atomic E-state index is 10.9. The maximum Gasteiger partial charge on any atom is 0.341 e. The van der Waals surface area contributed by atoms with E-state index in [0.29, 0.717) is 12.4 Å². The molecular formula is C25H24N2O4. The van der Waals surface area contributed by atoms with Crippen LogP contribution in [-0.4, -0.2) is 35.0 Å². The van der Waals surface area contributed by atoms with Crippen LogP contribution in [0.4, 0.5) is 0 Å². The highest BCUT2D eigenvalue weighted by Gasteiger charge is 2.24. The quantitative estimate of drug-likeness (QED) is 0.434. The number of fused-ring (bicyclic) bond motifs is 1. The van der Waals surface area contributed by atoms with Crippen molar-refractivity contribution in [1.29, 1.82) is 0 Å². The molecule has 1 unspecified atom stereocenters. The van der Waals surface area contributed by atoms with Gasteiger partial charge in [0.25, 0.3) is 0 Å². The summed E-state index contributed by atoms with van der Waals surface area (Å²) in [5, 5.41) is 13.4. The summed E-state index contributed by atoms with van der Waals surface area (Å²) < 4.78 is 5.50. The van der Waals surface area contributed by atoms with Crippen LogP contribution >= 0.6 is 0 Å². The van der Waals surface area contributed by atoms with Crippen molar-refractivity contribution < 1.29 is 19.5 Å². The molecular weight excluding hydrogens is 392 g/mol. The van der Waals surface area contributed by atoms with E-state index < -0.39 is 5.97 Å². The summed E-state index contributed by atoms with van der Waals surface area (Å²) in [6.07, 6.45) is 6.35. The summed E-state index contributed by atoms with van der Waals surface area (Å²) in [7, 11) is 0. The van der Waals surface area contributed by atoms with Crippen molar-refractivity contribution in [3.8, 4) is 5.75 Å². The van der Waals surface area contributed by atoms with Gasteiger partial charge < -0.3 is 14.7 Å². The van der Waals surface area contributed by atoms with Crippen LogP contribution in [0.5, 0.6) is 5.75 Å². The number of hydrogen-bond acceptors (Lipinski definition) is 5. The number of rotatable bonds is 8. The highest BCUT2D eigenvalue weighted by molar-refractivity contribution is 6.12. The fourth-order valence-electron chi connectivity index (χ4n) is 3.92. The number of carbonyl (C=O) groups is 1. The molecule has 6 nitrogen and oxygen atoms in total. The van der Waals surface area contributed by atoms with Gasteiger partial charge in [-0.2, -0.15) is 0 Å². The van der Waals surface area contributed by atoms with Crippen LogP contribution in [0.15, 0.2) is 78.2 Å². The van der Waals surface area contributed by atoms with Crippen molar-refractivity contribution in [1.82, 2.24) is 4.98 Å². The van der Waals surface area contributed by atoms with Gasteiger partial charge in [0.1, 0.15) is 18.1 Å². The molecule has 0 fully saturated rings. The lowest BCUT2D eigenvalue weighted by molar-refractivity contribution is -0.139. The number of carboxylic acid groups (broad SMARTS) is 1. The van der Waals surface area contributed by atoms with Gasteiger partial charge in [0, 0.05) is 29.4 Å². The summed E-state index contributed by atoms with van der Waals surface area (Å²) >= 11 is 0. The van der Waals surface area contributed by atoms with Crippen LogP contribution in [0, 0.1) is 0 Å². The summed E-state index contributed by atoms with van der Waals surface area (Å²) in [5.74, 6) is -0.160. The Hall–Kier alpha value is -3.67. The Balaban J connectivity index is 1.53. The molecule has 0 spiro atoms. The van der Waals surface area contributed by atoms with E-state index in [1.54, 1.807) is 12.4 Å². The Morgan fingerprint density at radius 2 is 1.90 bits per heavy atom. The number of aromatic nitrogens is 1. The Kier molecular flexibility index (Phi) is 6.57. The standard InChI is InChI=1S/C25H24N2O4/c28-24(29)17-30-23-13-5-11-21-20(9-4-12-22(21)23)16-31-27-25(18-7-2-1-3-8-18)19-10-6-14-26-15-19/h1-3,5-8,10-11,13-15,20H,4,9,12,16-17H2,(H,28,29). The van der Waals surface area contributed by atoms with Crippen LogP contribution in [0.2, 0.25) is 0 Å². The summed E-state index contributed by atoms with van der Waals surface area (Å²) in [4.78, 5) is 21.0. The second kappa shape index (κ2) is 9.89. The van der Waals surface area contributed by atoms with E-state index >= 15 is 0 Å². The Morgan fingerprint density at radius 3 is 2.68 bits per heavy atom. The van der Waals surface area contributed by atoms with Crippen molar-refractivity contribution in [2.75, 3.05) is 13.2 Å². The van der Waals surface area contributed by atoms with Crippen molar-refractivity contribution in [3.63, 3.8) is 0 Å². The molecule has 158 valence electrons. The highest BCUT2D eigenvalue weighted by atomic mass is 16.6. The van der Waals surface area contributed by atoms with E-state index in [2.05, 4.69) is 16.2 Å². The average molecular weight is 416 g/mol. The van der Waals surface area contributed by atoms with Crippen LogP contribution < -0.4 is 4.74 Å². The molecule has 1 heterocycles. The van der Waals surface area contributed by atoms with Gasteiger partial charge in [-0.15, -0.1) is 0 Å². The van der Waals surface area contributed by atoms with E-state index in [4.69, 9.17) is 14.7 Å². The molecule has 0 saturated heterocycles. The van der Waals surface area contributed by atoms with Gasteiger partial charge in [-0.1, -0.05) is 47.6 Å². The lowest BCUT2D eigenvalue weighted by Gasteiger charge is -2.26. The lowest BCUT2D eigenvalue weighted by Crippen LogP contribution is -2.17. The number of aliphatic carboxylic acids is 1. The molecule has 3 aromatic rings. The largest absolute Gasteiger partial charge is 0.482 e. The predicted molar refractivity (Wildman–Crippen MR) is 118 cm³/mol. The number of oxime groups is 1. The molecule has 0 saturated carbocycles. The number of carboxylic acids is 1. The van der Waals surface area contributed by atoms with Crippen molar-refractivity contribution in [2.45, 2.75) is 25.2 Å². The van der Waals surface area contributed by atoms with E-state index in [9.17, 15) is 4.79 Å². The number of benzene rings is 2. The third-order valence-electron chi connectivity index (χ3n) is 5.35. The van der Waals surface area contributed by atoms with Gasteiger partial charge in [0.05, 0.1) is 0 Å². The van der Waals surface area contributed by atoms with Crippen molar-refractivity contribution >= 4 is 11.7 Å². The number of hydrogen-bond donors (Lipinski definition) is 1. The lowest BCUT2D eigenvalue weighted by atomic mass is 9.83. The van der Waals surface area contributed by atoms with Gasteiger partial charge in [-0.25, -0.2) is 4.79 Å². The van der Waals surface area contributed by atoms with Crippen molar-refractivity contribution in [3.05, 3.63) is 95.3 Å². The molecule has 0 aliphatic heterocycles. The highest BCUT2D eigenvalue weighted by Crippen LogP contribution is 2.37. The number of pyridine rings is 1. The van der Waals surface area contributed by atoms with Crippen LogP contribution in [0.3, 0.4) is 0 Å². The number of nitrogens with zero attached hydrogens (tertiary/aromatic N) is 2. The van der Waals surface area contributed by atoms with Gasteiger partial charge in [-0.05, 0) is 48.6 Å². The minimum Gasteiger partial charge on any atom is -0.482 e. The van der Waals surface area contributed by atoms with Gasteiger partial charge in [0.2, 0.25) is 0 Å². The molecule has 31 heavy (non-hydrogen) atoms. The fraction of sp³-hybridized carbons (Fsp3) is 0.240. The number of ether oxygens (including phenoxy) is 1. The second-order valence-corrected chi connectivity index (χ2v) is 7.44.